The van der Waals surface area contributed by atoms with Crippen molar-refractivity contribution < 1.29 is 23.5 Å². The summed E-state index contributed by atoms with van der Waals surface area (Å²) in [6.45, 7) is 13.4. The van der Waals surface area contributed by atoms with E-state index in [0.29, 0.717) is 24.8 Å². The highest BCUT2D eigenvalue weighted by molar-refractivity contribution is 5.97. The fourth-order valence-electron chi connectivity index (χ4n) is 7.85. The van der Waals surface area contributed by atoms with Gasteiger partial charge < -0.3 is 24.2 Å². The highest BCUT2D eigenvalue weighted by Gasteiger charge is 2.47. The van der Waals surface area contributed by atoms with Gasteiger partial charge in [0.25, 0.3) is 11.8 Å². The molecule has 1 aromatic heterocycles. The number of nitrogens with zero attached hydrogens (tertiary/aromatic N) is 6. The molecule has 10 nitrogen and oxygen atoms in total. The van der Waals surface area contributed by atoms with E-state index in [0.717, 1.165) is 58.4 Å². The Bertz CT molecular complexity index is 1350. The number of aromatic nitrogens is 3. The van der Waals surface area contributed by atoms with Crippen molar-refractivity contribution in [2.45, 2.75) is 84.7 Å². The van der Waals surface area contributed by atoms with Gasteiger partial charge in [0.1, 0.15) is 17.9 Å². The molecule has 4 heterocycles. The van der Waals surface area contributed by atoms with Crippen LogP contribution in [0.3, 0.4) is 0 Å². The number of piperidine rings is 1. The monoisotopic (exact) mass is 608 g/mol. The van der Waals surface area contributed by atoms with E-state index in [4.69, 9.17) is 9.47 Å². The van der Waals surface area contributed by atoms with Crippen molar-refractivity contribution in [2.75, 3.05) is 44.2 Å². The highest BCUT2D eigenvalue weighted by atomic mass is 19.1. The van der Waals surface area contributed by atoms with Gasteiger partial charge in [-0.15, -0.1) is 10.2 Å². The Balaban J connectivity index is 1.06. The maximum atomic E-state index is 14.3. The molecule has 6 rings (SSSR count). The van der Waals surface area contributed by atoms with Gasteiger partial charge in [0.05, 0.1) is 18.6 Å². The van der Waals surface area contributed by atoms with Crippen molar-refractivity contribution in [3.05, 3.63) is 35.9 Å². The Kier molecular flexibility index (Phi) is 8.52. The highest BCUT2D eigenvalue weighted by Crippen LogP contribution is 2.47. The number of esters is 1. The number of carbonyl (C=O) groups excluding carboxylic acids is 2. The lowest BCUT2D eigenvalue weighted by Gasteiger charge is -2.54. The van der Waals surface area contributed by atoms with Gasteiger partial charge in [-0.1, -0.05) is 0 Å². The topological polar surface area (TPSA) is 101 Å². The van der Waals surface area contributed by atoms with Gasteiger partial charge in [0.15, 0.2) is 5.82 Å². The summed E-state index contributed by atoms with van der Waals surface area (Å²) in [6.07, 6.45) is 8.86. The van der Waals surface area contributed by atoms with Gasteiger partial charge in [-0.2, -0.15) is 0 Å². The van der Waals surface area contributed by atoms with Gasteiger partial charge in [-0.25, -0.2) is 9.37 Å². The fourth-order valence-corrected chi connectivity index (χ4v) is 7.85. The molecule has 44 heavy (non-hydrogen) atoms. The van der Waals surface area contributed by atoms with Crippen LogP contribution in [-0.2, 0) is 9.53 Å². The van der Waals surface area contributed by atoms with E-state index < -0.39 is 5.82 Å². The van der Waals surface area contributed by atoms with Crippen LogP contribution in [0.25, 0.3) is 0 Å². The number of anilines is 1. The molecule has 4 fully saturated rings. The Labute approximate surface area is 259 Å². The number of likely N-dealkylation sites (tertiary alicyclic amines) is 1. The van der Waals surface area contributed by atoms with E-state index in [1.54, 1.807) is 4.90 Å². The van der Waals surface area contributed by atoms with Crippen LogP contribution in [-0.4, -0.2) is 88.3 Å². The predicted molar refractivity (Wildman–Crippen MR) is 163 cm³/mol. The molecule has 2 spiro atoms. The third kappa shape index (κ3) is 6.25. The Morgan fingerprint density at radius 1 is 1.09 bits per heavy atom. The van der Waals surface area contributed by atoms with Crippen molar-refractivity contribution in [1.29, 1.82) is 0 Å². The molecule has 0 bridgehead atoms. The molecule has 238 valence electrons. The summed E-state index contributed by atoms with van der Waals surface area (Å²) in [5.74, 6) is 0.908. The second-order valence-corrected chi connectivity index (χ2v) is 14.2. The number of benzene rings is 1. The maximum absolute atomic E-state index is 14.3. The van der Waals surface area contributed by atoms with Crippen molar-refractivity contribution >= 4 is 17.7 Å². The lowest BCUT2D eigenvalue weighted by Crippen LogP contribution is -2.61. The summed E-state index contributed by atoms with van der Waals surface area (Å²) >= 11 is 0. The number of hydrogen-bond acceptors (Lipinski definition) is 9. The van der Waals surface area contributed by atoms with Crippen LogP contribution in [0, 0.1) is 22.6 Å². The lowest BCUT2D eigenvalue weighted by atomic mass is 9.69. The summed E-state index contributed by atoms with van der Waals surface area (Å²) < 4.78 is 25.8. The molecule has 1 saturated carbocycles. The zero-order valence-corrected chi connectivity index (χ0v) is 26.4. The average molecular weight is 609 g/mol. The fraction of sp³-hybridized carbons (Fsp3) is 0.667. The molecule has 0 radical (unpaired) electrons. The van der Waals surface area contributed by atoms with E-state index in [1.165, 1.54) is 37.4 Å². The molecule has 0 atom stereocenters. The van der Waals surface area contributed by atoms with E-state index in [-0.39, 0.29) is 52.0 Å². The van der Waals surface area contributed by atoms with Crippen LogP contribution < -0.4 is 9.64 Å². The van der Waals surface area contributed by atoms with Crippen LogP contribution in [0.15, 0.2) is 24.5 Å². The van der Waals surface area contributed by atoms with Crippen molar-refractivity contribution in [2.24, 2.45) is 16.7 Å². The zero-order chi connectivity index (χ0) is 31.1. The average Bonchev–Trinajstić information content (AvgIpc) is 3.34. The lowest BCUT2D eigenvalue weighted by molar-refractivity contribution is -0.137. The summed E-state index contributed by atoms with van der Waals surface area (Å²) in [7, 11) is 0. The van der Waals surface area contributed by atoms with E-state index in [1.807, 2.05) is 27.7 Å². The minimum Gasteiger partial charge on any atom is -0.465 e. The number of rotatable bonds is 8. The molecule has 11 heteroatoms. The molecule has 1 amide bonds. The van der Waals surface area contributed by atoms with Crippen molar-refractivity contribution in [3.8, 4) is 11.6 Å². The summed E-state index contributed by atoms with van der Waals surface area (Å²) in [6, 6.07) is 3.85. The second kappa shape index (κ2) is 12.2. The minimum atomic E-state index is -0.506. The predicted octanol–water partition coefficient (Wildman–Crippen LogP) is 5.09. The third-order valence-corrected chi connectivity index (χ3v) is 10.3. The smallest absolute Gasteiger partial charge is 0.306 e. The van der Waals surface area contributed by atoms with Crippen molar-refractivity contribution in [3.63, 3.8) is 0 Å². The SMILES string of the molecule is CC(C)N(C(=O)c1cc(F)ccc1Oc1nncnc1N1CC2(CCN(CC3CCC4(CC3)COC(=O)C4)CC2)C1)C(C)C. The van der Waals surface area contributed by atoms with Crippen LogP contribution in [0.5, 0.6) is 11.6 Å². The van der Waals surface area contributed by atoms with Gasteiger partial charge in [-0.3, -0.25) is 9.59 Å². The molecule has 0 unspecified atom stereocenters. The summed E-state index contributed by atoms with van der Waals surface area (Å²) in [5, 5.41) is 8.18. The largest absolute Gasteiger partial charge is 0.465 e. The summed E-state index contributed by atoms with van der Waals surface area (Å²) in [5.41, 5.74) is 0.502. The number of halogens is 1. The van der Waals surface area contributed by atoms with Crippen molar-refractivity contribution in [1.82, 2.24) is 25.0 Å². The van der Waals surface area contributed by atoms with Gasteiger partial charge in [0, 0.05) is 42.5 Å². The molecule has 3 aliphatic heterocycles. The molecule has 4 aliphatic rings. The molecule has 3 saturated heterocycles. The second-order valence-electron chi connectivity index (χ2n) is 14.2. The maximum Gasteiger partial charge on any atom is 0.306 e. The van der Waals surface area contributed by atoms with E-state index in [2.05, 4.69) is 25.0 Å². The number of ether oxygens (including phenoxy) is 2. The first kappa shape index (κ1) is 30.7. The zero-order valence-electron chi connectivity index (χ0n) is 26.4. The number of hydrogen-bond donors (Lipinski definition) is 0. The van der Waals surface area contributed by atoms with Crippen LogP contribution in [0.2, 0.25) is 0 Å². The van der Waals surface area contributed by atoms with Gasteiger partial charge in [0.2, 0.25) is 0 Å². The molecule has 0 N–H and O–H groups in total. The van der Waals surface area contributed by atoms with Crippen LogP contribution >= 0.6 is 0 Å². The third-order valence-electron chi connectivity index (χ3n) is 10.3. The summed E-state index contributed by atoms with van der Waals surface area (Å²) in [4.78, 5) is 36.2. The molecule has 2 aromatic rings. The molecular formula is C33H45FN6O4. The number of cyclic esters (lactones) is 1. The molecule has 1 aromatic carbocycles. The standard InChI is InChI=1S/C33H45FN6O4/c1-22(2)40(23(3)4)31(42)26-15-25(34)5-6-27(26)44-30-29(35-21-36-37-30)39-18-33(19-39)11-13-38(14-12-33)17-24-7-9-32(10-8-24)16-28(41)43-20-32/h5-6,15,21-24H,7-14,16-20H2,1-4H3. The molecule has 1 aliphatic carbocycles. The quantitative estimate of drug-likeness (QED) is 0.380. The van der Waals surface area contributed by atoms with Gasteiger partial charge in [-0.05, 0) is 103 Å². The van der Waals surface area contributed by atoms with Crippen LogP contribution in [0.1, 0.15) is 83.0 Å². The first-order chi connectivity index (χ1) is 21.1. The first-order valence-corrected chi connectivity index (χ1v) is 16.2. The number of amides is 1. The van der Waals surface area contributed by atoms with E-state index >= 15 is 0 Å². The Morgan fingerprint density at radius 3 is 2.43 bits per heavy atom. The van der Waals surface area contributed by atoms with E-state index in [9.17, 15) is 14.0 Å². The van der Waals surface area contributed by atoms with Gasteiger partial charge >= 0.3 is 5.97 Å². The Morgan fingerprint density at radius 2 is 1.80 bits per heavy atom. The molecular weight excluding hydrogens is 563 g/mol. The number of carbonyl (C=O) groups is 2. The Hall–Kier alpha value is -3.34. The normalized spacial score (nSPS) is 25.0. The van der Waals surface area contributed by atoms with Crippen LogP contribution in [0.4, 0.5) is 10.2 Å². The first-order valence-electron chi connectivity index (χ1n) is 16.2. The minimum absolute atomic E-state index is 0.0225.